The molecule has 1 saturated heterocycles. The number of aromatic nitrogens is 1. The number of amides is 1. The van der Waals surface area contributed by atoms with E-state index in [1.54, 1.807) is 0 Å². The van der Waals surface area contributed by atoms with Crippen molar-refractivity contribution < 1.29 is 9.53 Å². The Morgan fingerprint density at radius 3 is 2.81 bits per heavy atom. The van der Waals surface area contributed by atoms with E-state index in [-0.39, 0.29) is 12.1 Å². The molecular weight excluding hydrogens is 326 g/mol. The number of rotatable bonds is 6. The number of hydrogen-bond donors (Lipinski definition) is 1. The second-order valence-corrected chi connectivity index (χ2v) is 6.82. The summed E-state index contributed by atoms with van der Waals surface area (Å²) in [6.07, 6.45) is 4.60. The number of pyridine rings is 1. The maximum Gasteiger partial charge on any atom is 0.410 e. The van der Waals surface area contributed by atoms with E-state index in [9.17, 15) is 4.79 Å². The van der Waals surface area contributed by atoms with Gasteiger partial charge in [-0.15, -0.1) is 0 Å². The minimum atomic E-state index is -0.252. The number of likely N-dealkylation sites (tertiary alicyclic amines) is 1. The quantitative estimate of drug-likeness (QED) is 0.813. The molecule has 1 fully saturated rings. The number of ether oxygens (including phenoxy) is 1. The number of nitrogens with one attached hydrogen (secondary N) is 1. The first kappa shape index (κ1) is 18.2. The molecule has 0 unspecified atom stereocenters. The molecule has 2 atom stereocenters. The summed E-state index contributed by atoms with van der Waals surface area (Å²) in [5.74, 6) is 0.874. The molecule has 1 aromatic heterocycles. The van der Waals surface area contributed by atoms with Gasteiger partial charge in [-0.3, -0.25) is 0 Å². The lowest BCUT2D eigenvalue weighted by atomic mass is 10.1. The van der Waals surface area contributed by atoms with Crippen molar-refractivity contribution in [3.63, 3.8) is 0 Å². The molecule has 1 N–H and O–H groups in total. The molecule has 1 aromatic carbocycles. The van der Waals surface area contributed by atoms with E-state index < -0.39 is 0 Å². The minimum Gasteiger partial charge on any atom is -0.445 e. The Morgan fingerprint density at radius 2 is 2.12 bits per heavy atom. The zero-order valence-electron chi connectivity index (χ0n) is 15.5. The molecule has 3 rings (SSSR count). The van der Waals surface area contributed by atoms with Gasteiger partial charge in [-0.25, -0.2) is 9.78 Å². The molecule has 0 saturated carbocycles. The lowest BCUT2D eigenvalue weighted by Gasteiger charge is -2.24. The molecule has 2 heterocycles. The molecule has 1 aliphatic heterocycles. The maximum atomic E-state index is 12.5. The van der Waals surface area contributed by atoms with Crippen LogP contribution >= 0.6 is 0 Å². The van der Waals surface area contributed by atoms with E-state index in [0.717, 1.165) is 42.8 Å². The average Bonchev–Trinajstić information content (AvgIpc) is 3.17. The molecule has 138 valence electrons. The number of benzene rings is 1. The lowest BCUT2D eigenvalue weighted by Crippen LogP contribution is -2.31. The molecule has 5 nitrogen and oxygen atoms in total. The molecule has 0 radical (unpaired) electrons. The highest BCUT2D eigenvalue weighted by Crippen LogP contribution is 2.32. The fourth-order valence-electron chi connectivity index (χ4n) is 3.18. The summed E-state index contributed by atoms with van der Waals surface area (Å²) in [7, 11) is 0. The van der Waals surface area contributed by atoms with Gasteiger partial charge in [0.15, 0.2) is 0 Å². The van der Waals surface area contributed by atoms with Gasteiger partial charge in [-0.1, -0.05) is 43.3 Å². The van der Waals surface area contributed by atoms with Crippen LogP contribution in [0.4, 0.5) is 10.6 Å². The van der Waals surface area contributed by atoms with E-state index in [1.165, 1.54) is 0 Å². The summed E-state index contributed by atoms with van der Waals surface area (Å²) in [5, 5.41) is 3.37. The van der Waals surface area contributed by atoms with Crippen molar-refractivity contribution in [2.24, 2.45) is 0 Å². The van der Waals surface area contributed by atoms with Gasteiger partial charge in [-0.2, -0.15) is 0 Å². The highest BCUT2D eigenvalue weighted by Gasteiger charge is 2.31. The number of carbonyl (C=O) groups excluding carboxylic acids is 1. The minimum absolute atomic E-state index is 0.0448. The van der Waals surface area contributed by atoms with Crippen molar-refractivity contribution in [3.8, 4) is 0 Å². The Balaban J connectivity index is 1.61. The van der Waals surface area contributed by atoms with Gasteiger partial charge < -0.3 is 15.0 Å². The van der Waals surface area contributed by atoms with Crippen molar-refractivity contribution in [2.45, 2.75) is 51.8 Å². The second-order valence-electron chi connectivity index (χ2n) is 6.82. The molecule has 1 aliphatic rings. The van der Waals surface area contributed by atoms with Crippen LogP contribution in [0.25, 0.3) is 0 Å². The van der Waals surface area contributed by atoms with E-state index in [4.69, 9.17) is 4.74 Å². The zero-order chi connectivity index (χ0) is 18.4. The topological polar surface area (TPSA) is 54.5 Å². The first-order chi connectivity index (χ1) is 12.7. The standard InChI is InChI=1S/C21H27N3O2/c1-3-16(2)23-20-12-11-18(14-22-20)19-10-7-13-24(19)21(25)26-15-17-8-5-4-6-9-17/h4-6,8-9,11-12,14,16,19H,3,7,10,13,15H2,1-2H3,(H,22,23)/t16-,19-/m1/s1. The first-order valence-electron chi connectivity index (χ1n) is 9.37. The van der Waals surface area contributed by atoms with Crippen molar-refractivity contribution in [1.82, 2.24) is 9.88 Å². The molecule has 0 spiro atoms. The van der Waals surface area contributed by atoms with Crippen LogP contribution < -0.4 is 5.32 Å². The predicted molar refractivity (Wildman–Crippen MR) is 103 cm³/mol. The third-order valence-corrected chi connectivity index (χ3v) is 4.87. The molecule has 2 aromatic rings. The van der Waals surface area contributed by atoms with Crippen LogP contribution in [0.3, 0.4) is 0 Å². The Morgan fingerprint density at radius 1 is 1.31 bits per heavy atom. The Bertz CT molecular complexity index is 703. The maximum absolute atomic E-state index is 12.5. The van der Waals surface area contributed by atoms with Crippen molar-refractivity contribution >= 4 is 11.9 Å². The highest BCUT2D eigenvalue weighted by atomic mass is 16.6. The van der Waals surface area contributed by atoms with Gasteiger partial charge in [0.25, 0.3) is 0 Å². The summed E-state index contributed by atoms with van der Waals surface area (Å²) >= 11 is 0. The van der Waals surface area contributed by atoms with Crippen LogP contribution in [0.5, 0.6) is 0 Å². The molecular formula is C21H27N3O2. The van der Waals surface area contributed by atoms with Crippen LogP contribution in [-0.4, -0.2) is 28.6 Å². The fourth-order valence-corrected chi connectivity index (χ4v) is 3.18. The van der Waals surface area contributed by atoms with Gasteiger partial charge in [-0.05, 0) is 43.4 Å². The number of anilines is 1. The molecule has 26 heavy (non-hydrogen) atoms. The van der Waals surface area contributed by atoms with Crippen LogP contribution in [0.2, 0.25) is 0 Å². The largest absolute Gasteiger partial charge is 0.445 e. The summed E-state index contributed by atoms with van der Waals surface area (Å²) in [6, 6.07) is 14.3. The summed E-state index contributed by atoms with van der Waals surface area (Å²) < 4.78 is 5.51. The number of nitrogens with zero attached hydrogens (tertiary/aromatic N) is 2. The van der Waals surface area contributed by atoms with Crippen LogP contribution in [0.1, 0.15) is 50.3 Å². The Labute approximate surface area is 155 Å². The van der Waals surface area contributed by atoms with Crippen LogP contribution in [0.15, 0.2) is 48.7 Å². The van der Waals surface area contributed by atoms with Crippen molar-refractivity contribution in [2.75, 3.05) is 11.9 Å². The molecule has 5 heteroatoms. The number of carbonyl (C=O) groups is 1. The van der Waals surface area contributed by atoms with E-state index in [0.29, 0.717) is 12.6 Å². The van der Waals surface area contributed by atoms with Gasteiger partial charge in [0, 0.05) is 18.8 Å². The molecule has 1 amide bonds. The van der Waals surface area contributed by atoms with Gasteiger partial charge in [0.05, 0.1) is 6.04 Å². The van der Waals surface area contributed by atoms with E-state index >= 15 is 0 Å². The highest BCUT2D eigenvalue weighted by molar-refractivity contribution is 5.68. The summed E-state index contributed by atoms with van der Waals surface area (Å²) in [4.78, 5) is 18.9. The predicted octanol–water partition coefficient (Wildman–Crippen LogP) is 4.77. The van der Waals surface area contributed by atoms with Gasteiger partial charge >= 0.3 is 6.09 Å². The van der Waals surface area contributed by atoms with E-state index in [1.807, 2.05) is 47.5 Å². The van der Waals surface area contributed by atoms with Crippen LogP contribution in [0, 0.1) is 0 Å². The lowest BCUT2D eigenvalue weighted by molar-refractivity contribution is 0.0920. The smallest absolute Gasteiger partial charge is 0.410 e. The summed E-state index contributed by atoms with van der Waals surface area (Å²) in [6.45, 7) is 5.31. The third-order valence-electron chi connectivity index (χ3n) is 4.87. The van der Waals surface area contributed by atoms with Gasteiger partial charge in [0.1, 0.15) is 12.4 Å². The van der Waals surface area contributed by atoms with Gasteiger partial charge in [0.2, 0.25) is 0 Å². The monoisotopic (exact) mass is 353 g/mol. The first-order valence-corrected chi connectivity index (χ1v) is 9.37. The average molecular weight is 353 g/mol. The second kappa shape index (κ2) is 8.70. The third kappa shape index (κ3) is 4.54. The Hall–Kier alpha value is -2.56. The van der Waals surface area contributed by atoms with Crippen molar-refractivity contribution in [3.05, 3.63) is 59.8 Å². The Kier molecular flexibility index (Phi) is 6.10. The van der Waals surface area contributed by atoms with Crippen LogP contribution in [-0.2, 0) is 11.3 Å². The molecule has 0 bridgehead atoms. The summed E-state index contributed by atoms with van der Waals surface area (Å²) in [5.41, 5.74) is 2.06. The van der Waals surface area contributed by atoms with E-state index in [2.05, 4.69) is 30.2 Å². The molecule has 0 aliphatic carbocycles. The fraction of sp³-hybridized carbons (Fsp3) is 0.429. The number of hydrogen-bond acceptors (Lipinski definition) is 4. The normalized spacial score (nSPS) is 17.8. The SMILES string of the molecule is CC[C@@H](C)Nc1ccc([C@H]2CCCN2C(=O)OCc2ccccc2)cn1. The van der Waals surface area contributed by atoms with Crippen molar-refractivity contribution in [1.29, 1.82) is 0 Å². The zero-order valence-corrected chi connectivity index (χ0v) is 15.5.